The van der Waals surface area contributed by atoms with E-state index in [2.05, 4.69) is 6.58 Å². The van der Waals surface area contributed by atoms with Crippen molar-refractivity contribution in [1.82, 2.24) is 0 Å². The summed E-state index contributed by atoms with van der Waals surface area (Å²) in [5, 5.41) is 16.1. The quantitative estimate of drug-likeness (QED) is 0.453. The fourth-order valence-electron chi connectivity index (χ4n) is 0.258. The molecule has 6 heteroatoms. The number of carboxylic acid groups (broad SMARTS) is 2. The zero-order valence-electron chi connectivity index (χ0n) is 4.63. The fraction of sp³-hybridized carbons (Fsp3) is 0.200. The maximum absolute atomic E-state index is 9.87. The van der Waals surface area contributed by atoms with Crippen LogP contribution in [-0.2, 0) is 9.59 Å². The molecule has 0 aromatic carbocycles. The maximum atomic E-state index is 9.87. The normalized spacial score (nSPS) is 6.91. The summed E-state index contributed by atoms with van der Waals surface area (Å²) in [5.74, 6) is -2.44. The van der Waals surface area contributed by atoms with Crippen molar-refractivity contribution >= 4 is 115 Å². The monoisotopic (exact) mass is 210 g/mol. The third-order valence-electron chi connectivity index (χ3n) is 0.667. The Hall–Kier alpha value is 1.95. The van der Waals surface area contributed by atoms with Crippen molar-refractivity contribution in [3.63, 3.8) is 0 Å². The summed E-state index contributed by atoms with van der Waals surface area (Å²) in [7, 11) is 0. The second-order valence-electron chi connectivity index (χ2n) is 1.48. The molecule has 0 rings (SSSR count). The second-order valence-corrected chi connectivity index (χ2v) is 1.48. The third-order valence-corrected chi connectivity index (χ3v) is 0.667. The Morgan fingerprint density at radius 2 is 1.55 bits per heavy atom. The van der Waals surface area contributed by atoms with Gasteiger partial charge in [0.25, 0.3) is 0 Å². The molecule has 4 nitrogen and oxygen atoms in total. The molecule has 0 bridgehead atoms. The van der Waals surface area contributed by atoms with Crippen LogP contribution in [0.25, 0.3) is 0 Å². The number of hydrogen-bond acceptors (Lipinski definition) is 2. The van der Waals surface area contributed by atoms with Crippen LogP contribution in [-0.4, -0.2) is 125 Å². The summed E-state index contributed by atoms with van der Waals surface area (Å²) in [6.07, 6.45) is -0.505. The molecule has 0 aliphatic heterocycles. The summed E-state index contributed by atoms with van der Waals surface area (Å²) in [5.41, 5.74) is -0.303. The van der Waals surface area contributed by atoms with Crippen molar-refractivity contribution in [1.29, 1.82) is 0 Å². The van der Waals surface area contributed by atoms with Gasteiger partial charge in [0, 0.05) is 5.57 Å². The van der Waals surface area contributed by atoms with E-state index in [0.29, 0.717) is 0 Å². The van der Waals surface area contributed by atoms with E-state index in [1.165, 1.54) is 0 Å². The molecule has 0 radical (unpaired) electrons. The molecule has 0 saturated heterocycles. The number of carboxylic acids is 2. The standard InChI is InChI=1S/C5H6O4.2K.2H/c1-3(5(8)9)2-4(6)7;;;;/h1-2H2,(H,6,7)(H,8,9);;;;. The first-order valence-electron chi connectivity index (χ1n) is 2.17. The molecular formula is C5H8K2O4. The van der Waals surface area contributed by atoms with Crippen LogP contribution in [0.2, 0.25) is 0 Å². The average Bonchev–Trinajstić information content (AvgIpc) is 1.63. The van der Waals surface area contributed by atoms with Gasteiger partial charge in [-0.3, -0.25) is 4.79 Å². The second kappa shape index (κ2) is 10.0. The van der Waals surface area contributed by atoms with Gasteiger partial charge in [0.05, 0.1) is 6.42 Å². The van der Waals surface area contributed by atoms with Gasteiger partial charge >= 0.3 is 115 Å². The van der Waals surface area contributed by atoms with Gasteiger partial charge in [-0.25, -0.2) is 4.79 Å². The summed E-state index contributed by atoms with van der Waals surface area (Å²) in [4.78, 5) is 19.7. The Kier molecular flexibility index (Phi) is 17.0. The van der Waals surface area contributed by atoms with Crippen LogP contribution in [0.1, 0.15) is 6.42 Å². The first-order valence-corrected chi connectivity index (χ1v) is 2.17. The van der Waals surface area contributed by atoms with Gasteiger partial charge in [0.2, 0.25) is 0 Å². The first kappa shape index (κ1) is 18.7. The zero-order valence-corrected chi connectivity index (χ0v) is 4.63. The molecule has 2 N–H and O–H groups in total. The molecule has 0 heterocycles. The molecule has 0 amide bonds. The number of hydrogen-bond donors (Lipinski definition) is 2. The van der Waals surface area contributed by atoms with E-state index >= 15 is 0 Å². The Morgan fingerprint density at radius 1 is 1.18 bits per heavy atom. The molecule has 0 aliphatic carbocycles. The molecule has 0 unspecified atom stereocenters. The van der Waals surface area contributed by atoms with Crippen LogP contribution in [0.3, 0.4) is 0 Å². The average molecular weight is 210 g/mol. The van der Waals surface area contributed by atoms with Crippen molar-refractivity contribution in [2.24, 2.45) is 0 Å². The van der Waals surface area contributed by atoms with Gasteiger partial charge in [-0.15, -0.1) is 0 Å². The van der Waals surface area contributed by atoms with Gasteiger partial charge < -0.3 is 10.2 Å². The topological polar surface area (TPSA) is 74.6 Å². The molecule has 0 fully saturated rings. The fourth-order valence-corrected chi connectivity index (χ4v) is 0.258. The van der Waals surface area contributed by atoms with E-state index in [9.17, 15) is 9.59 Å². The van der Waals surface area contributed by atoms with Gasteiger partial charge in [-0.1, -0.05) is 6.58 Å². The predicted octanol–water partition coefficient (Wildman–Crippen LogP) is -1.20. The Bertz CT molecular complexity index is 166. The molecule has 0 spiro atoms. The summed E-state index contributed by atoms with van der Waals surface area (Å²) >= 11 is 0. The third kappa shape index (κ3) is 12.0. The summed E-state index contributed by atoms with van der Waals surface area (Å²) in [6.45, 7) is 3.01. The molecule has 0 aromatic rings. The van der Waals surface area contributed by atoms with E-state index in [4.69, 9.17) is 10.2 Å². The molecule has 0 atom stereocenters. The Balaban J connectivity index is -0.000000320. The van der Waals surface area contributed by atoms with Gasteiger partial charge in [0.15, 0.2) is 0 Å². The van der Waals surface area contributed by atoms with Crippen molar-refractivity contribution in [2.45, 2.75) is 6.42 Å². The number of aliphatic carboxylic acids is 2. The molecule has 11 heavy (non-hydrogen) atoms. The number of carbonyl (C=O) groups is 2. The van der Waals surface area contributed by atoms with Crippen molar-refractivity contribution in [3.05, 3.63) is 12.2 Å². The van der Waals surface area contributed by atoms with Crippen LogP contribution in [0.4, 0.5) is 0 Å². The summed E-state index contributed by atoms with van der Waals surface area (Å²) in [6, 6.07) is 0. The summed E-state index contributed by atoms with van der Waals surface area (Å²) < 4.78 is 0. The molecular weight excluding hydrogens is 202 g/mol. The molecule has 0 aliphatic rings. The molecule has 54 valence electrons. The van der Waals surface area contributed by atoms with Crippen LogP contribution in [0.15, 0.2) is 12.2 Å². The van der Waals surface area contributed by atoms with Crippen molar-refractivity contribution in [3.8, 4) is 0 Å². The Morgan fingerprint density at radius 3 is 1.64 bits per heavy atom. The van der Waals surface area contributed by atoms with Crippen molar-refractivity contribution < 1.29 is 19.8 Å². The van der Waals surface area contributed by atoms with E-state index in [-0.39, 0.29) is 108 Å². The van der Waals surface area contributed by atoms with Crippen LogP contribution in [0.5, 0.6) is 0 Å². The molecule has 0 aromatic heterocycles. The number of rotatable bonds is 3. The minimum atomic E-state index is -1.27. The van der Waals surface area contributed by atoms with Gasteiger partial charge in [0.1, 0.15) is 0 Å². The van der Waals surface area contributed by atoms with Crippen LogP contribution >= 0.6 is 0 Å². The van der Waals surface area contributed by atoms with E-state index < -0.39 is 18.4 Å². The van der Waals surface area contributed by atoms with E-state index in [0.717, 1.165) is 0 Å². The zero-order chi connectivity index (χ0) is 7.44. The predicted molar refractivity (Wildman–Crippen MR) is 43.3 cm³/mol. The van der Waals surface area contributed by atoms with Crippen LogP contribution in [0, 0.1) is 0 Å². The van der Waals surface area contributed by atoms with Gasteiger partial charge in [-0.2, -0.15) is 0 Å². The van der Waals surface area contributed by atoms with E-state index in [1.807, 2.05) is 0 Å². The van der Waals surface area contributed by atoms with E-state index in [1.54, 1.807) is 0 Å². The van der Waals surface area contributed by atoms with Gasteiger partial charge in [-0.05, 0) is 0 Å². The Labute approximate surface area is 149 Å². The SMILES string of the molecule is C=C(CC(=O)O)C(=O)O.[KH].[KH]. The molecule has 0 saturated carbocycles. The first-order chi connectivity index (χ1) is 4.04. The minimum absolute atomic E-state index is 0. The van der Waals surface area contributed by atoms with Crippen molar-refractivity contribution in [2.75, 3.05) is 0 Å². The van der Waals surface area contributed by atoms with Crippen LogP contribution < -0.4 is 0 Å².